The molecule has 2 amide bonds. The molecule has 3 aliphatic heterocycles. The zero-order chi connectivity index (χ0) is 18.2. The fourth-order valence-corrected chi connectivity index (χ4v) is 8.00. The number of sulfone groups is 1. The zero-order valence-corrected chi connectivity index (χ0v) is 16.1. The molecule has 5 rings (SSSR count). The summed E-state index contributed by atoms with van der Waals surface area (Å²) in [5.41, 5.74) is 0.108. The Bertz CT molecular complexity index is 758. The molecule has 26 heavy (non-hydrogen) atoms. The summed E-state index contributed by atoms with van der Waals surface area (Å²) in [5, 5.41) is 0. The molecule has 5 fully saturated rings. The van der Waals surface area contributed by atoms with Gasteiger partial charge in [-0.25, -0.2) is 8.42 Å². The molecule has 0 radical (unpaired) electrons. The molecule has 144 valence electrons. The number of fused-ring (bicyclic) bond motifs is 1. The van der Waals surface area contributed by atoms with E-state index in [4.69, 9.17) is 0 Å². The molecule has 6 nitrogen and oxygen atoms in total. The summed E-state index contributed by atoms with van der Waals surface area (Å²) in [6.45, 7) is 3.11. The van der Waals surface area contributed by atoms with E-state index in [0.717, 1.165) is 45.4 Å². The van der Waals surface area contributed by atoms with E-state index in [9.17, 15) is 18.0 Å². The van der Waals surface area contributed by atoms with Crippen LogP contribution in [0.4, 0.5) is 0 Å². The van der Waals surface area contributed by atoms with Gasteiger partial charge in [0.2, 0.25) is 11.8 Å². The van der Waals surface area contributed by atoms with Gasteiger partial charge in [0.25, 0.3) is 0 Å². The Labute approximate surface area is 155 Å². The zero-order valence-electron chi connectivity index (χ0n) is 15.3. The van der Waals surface area contributed by atoms with Crippen molar-refractivity contribution in [1.29, 1.82) is 0 Å². The Morgan fingerprint density at radius 2 is 1.81 bits per heavy atom. The smallest absolute Gasteiger partial charge is 0.229 e. The van der Waals surface area contributed by atoms with Crippen LogP contribution >= 0.6 is 0 Å². The summed E-state index contributed by atoms with van der Waals surface area (Å²) in [7, 11) is -2.92. The molecule has 5 aliphatic rings. The van der Waals surface area contributed by atoms with Crippen molar-refractivity contribution in [3.63, 3.8) is 0 Å². The summed E-state index contributed by atoms with van der Waals surface area (Å²) in [4.78, 5) is 29.4. The summed E-state index contributed by atoms with van der Waals surface area (Å²) in [6.07, 6.45) is 6.57. The van der Waals surface area contributed by atoms with Gasteiger partial charge in [-0.1, -0.05) is 6.42 Å². The number of likely N-dealkylation sites (tertiary alicyclic amines) is 2. The number of hydrogen-bond acceptors (Lipinski definition) is 4. The fraction of sp³-hybridized carbons (Fsp3) is 0.895. The van der Waals surface area contributed by atoms with Crippen molar-refractivity contribution in [2.75, 3.05) is 37.7 Å². The van der Waals surface area contributed by atoms with Gasteiger partial charge in [0.15, 0.2) is 9.84 Å². The molecule has 0 aromatic heterocycles. The maximum atomic E-state index is 12.8. The van der Waals surface area contributed by atoms with E-state index < -0.39 is 9.84 Å². The summed E-state index contributed by atoms with van der Waals surface area (Å²) < 4.78 is 23.2. The van der Waals surface area contributed by atoms with Crippen molar-refractivity contribution < 1.29 is 18.0 Å². The fourth-order valence-electron chi connectivity index (χ4n) is 6.14. The molecule has 3 heterocycles. The lowest BCUT2D eigenvalue weighted by Crippen LogP contribution is -2.61. The second kappa shape index (κ2) is 5.46. The maximum Gasteiger partial charge on any atom is 0.229 e. The minimum atomic E-state index is -2.92. The number of hydrogen-bond donors (Lipinski definition) is 0. The quantitative estimate of drug-likeness (QED) is 0.734. The molecule has 2 saturated carbocycles. The molecule has 2 aliphatic carbocycles. The van der Waals surface area contributed by atoms with Gasteiger partial charge in [-0.2, -0.15) is 0 Å². The maximum absolute atomic E-state index is 12.8. The van der Waals surface area contributed by atoms with Crippen molar-refractivity contribution in [3.8, 4) is 0 Å². The highest BCUT2D eigenvalue weighted by atomic mass is 32.2. The van der Waals surface area contributed by atoms with Gasteiger partial charge in [-0.3, -0.25) is 9.59 Å². The number of amides is 2. The highest BCUT2D eigenvalue weighted by molar-refractivity contribution is 7.91. The Morgan fingerprint density at radius 1 is 1.04 bits per heavy atom. The Hall–Kier alpha value is -1.11. The first kappa shape index (κ1) is 17.0. The van der Waals surface area contributed by atoms with Crippen LogP contribution in [-0.2, 0) is 19.4 Å². The van der Waals surface area contributed by atoms with Gasteiger partial charge >= 0.3 is 0 Å². The minimum absolute atomic E-state index is 0.00298. The number of carbonyl (C=O) groups excluding carboxylic acids is 2. The second-order valence-corrected chi connectivity index (χ2v) is 11.9. The Morgan fingerprint density at radius 3 is 2.42 bits per heavy atom. The predicted molar refractivity (Wildman–Crippen MR) is 96.0 cm³/mol. The predicted octanol–water partition coefficient (Wildman–Crippen LogP) is 1.06. The van der Waals surface area contributed by atoms with Crippen LogP contribution in [-0.4, -0.2) is 67.7 Å². The number of nitrogens with zero attached hydrogens (tertiary/aromatic N) is 2. The topological polar surface area (TPSA) is 74.8 Å². The van der Waals surface area contributed by atoms with Crippen molar-refractivity contribution in [3.05, 3.63) is 0 Å². The SMILES string of the molecule is O=C(CC1CCS(=O)(=O)C1)N1CCC2(C1)CN(C(=O)[C@@]13CCC[C@@H]1C3)C2. The monoisotopic (exact) mass is 380 g/mol. The summed E-state index contributed by atoms with van der Waals surface area (Å²) in [5.74, 6) is 1.53. The molecule has 1 spiro atoms. The van der Waals surface area contributed by atoms with Gasteiger partial charge < -0.3 is 9.80 Å². The van der Waals surface area contributed by atoms with E-state index in [2.05, 4.69) is 0 Å². The van der Waals surface area contributed by atoms with E-state index in [-0.39, 0.29) is 34.2 Å². The molecule has 0 bridgehead atoms. The van der Waals surface area contributed by atoms with Crippen molar-refractivity contribution >= 4 is 21.7 Å². The average molecular weight is 381 g/mol. The molecule has 3 atom stereocenters. The van der Waals surface area contributed by atoms with E-state index in [1.165, 1.54) is 12.8 Å². The molecule has 3 saturated heterocycles. The molecule has 0 aromatic rings. The van der Waals surface area contributed by atoms with Crippen molar-refractivity contribution in [2.24, 2.45) is 22.7 Å². The molecule has 1 unspecified atom stereocenters. The van der Waals surface area contributed by atoms with Crippen LogP contribution in [0.15, 0.2) is 0 Å². The van der Waals surface area contributed by atoms with Gasteiger partial charge in [-0.05, 0) is 43.9 Å². The summed E-state index contributed by atoms with van der Waals surface area (Å²) in [6, 6.07) is 0. The second-order valence-electron chi connectivity index (χ2n) is 9.65. The third-order valence-electron chi connectivity index (χ3n) is 7.75. The minimum Gasteiger partial charge on any atom is -0.342 e. The highest BCUT2D eigenvalue weighted by Gasteiger charge is 2.65. The van der Waals surface area contributed by atoms with Crippen molar-refractivity contribution in [1.82, 2.24) is 9.80 Å². The molecule has 0 N–H and O–H groups in total. The largest absolute Gasteiger partial charge is 0.342 e. The van der Waals surface area contributed by atoms with Gasteiger partial charge in [-0.15, -0.1) is 0 Å². The van der Waals surface area contributed by atoms with Crippen molar-refractivity contribution in [2.45, 2.75) is 44.9 Å². The van der Waals surface area contributed by atoms with Gasteiger partial charge in [0, 0.05) is 38.0 Å². The number of rotatable bonds is 3. The molecule has 7 heteroatoms. The Balaban J connectivity index is 1.14. The first-order valence-electron chi connectivity index (χ1n) is 10.1. The first-order chi connectivity index (χ1) is 12.3. The van der Waals surface area contributed by atoms with Crippen LogP contribution in [0.3, 0.4) is 0 Å². The van der Waals surface area contributed by atoms with Crippen LogP contribution in [0.25, 0.3) is 0 Å². The third kappa shape index (κ3) is 2.60. The molecule has 0 aromatic carbocycles. The lowest BCUT2D eigenvalue weighted by Gasteiger charge is -2.49. The Kier molecular flexibility index (Phi) is 3.57. The van der Waals surface area contributed by atoms with E-state index in [0.29, 0.717) is 24.7 Å². The van der Waals surface area contributed by atoms with Crippen LogP contribution in [0, 0.1) is 22.7 Å². The van der Waals surface area contributed by atoms with Crippen LogP contribution in [0.2, 0.25) is 0 Å². The first-order valence-corrected chi connectivity index (χ1v) is 11.9. The van der Waals surface area contributed by atoms with Crippen LogP contribution in [0.1, 0.15) is 44.9 Å². The average Bonchev–Trinajstić information content (AvgIpc) is 2.95. The standard InChI is InChI=1S/C19H28N2O4S/c22-16(8-14-3-7-26(24,25)10-14)20-6-5-18(11-20)12-21(13-18)17(23)19-4-1-2-15(19)9-19/h14-15H,1-13H2/t14?,15-,19-/m1/s1. The van der Waals surface area contributed by atoms with E-state index in [1.54, 1.807) is 0 Å². The summed E-state index contributed by atoms with van der Waals surface area (Å²) >= 11 is 0. The number of carbonyl (C=O) groups is 2. The third-order valence-corrected chi connectivity index (χ3v) is 9.59. The molecular formula is C19H28N2O4S. The van der Waals surface area contributed by atoms with E-state index >= 15 is 0 Å². The van der Waals surface area contributed by atoms with Gasteiger partial charge in [0.1, 0.15) is 0 Å². The molecular weight excluding hydrogens is 352 g/mol. The van der Waals surface area contributed by atoms with E-state index in [1.807, 2.05) is 9.80 Å². The normalized spacial score (nSPS) is 39.1. The van der Waals surface area contributed by atoms with Crippen LogP contribution in [0.5, 0.6) is 0 Å². The van der Waals surface area contributed by atoms with Gasteiger partial charge in [0.05, 0.1) is 16.9 Å². The van der Waals surface area contributed by atoms with Crippen LogP contribution < -0.4 is 0 Å². The lowest BCUT2D eigenvalue weighted by atomic mass is 9.78. The lowest BCUT2D eigenvalue weighted by molar-refractivity contribution is -0.149. The highest BCUT2D eigenvalue weighted by Crippen LogP contribution is 2.65.